The van der Waals surface area contributed by atoms with Crippen molar-refractivity contribution in [1.82, 2.24) is 5.32 Å². The van der Waals surface area contributed by atoms with Crippen LogP contribution in [0.5, 0.6) is 5.75 Å². The SMILES string of the molecule is CCCNC(CCOc1cccc(C)c1)C(CC)CC. The Kier molecular flexibility index (Phi) is 8.36. The van der Waals surface area contributed by atoms with Gasteiger partial charge in [0.2, 0.25) is 0 Å². The number of nitrogens with one attached hydrogen (secondary N) is 1. The van der Waals surface area contributed by atoms with Gasteiger partial charge in [-0.05, 0) is 49.9 Å². The molecule has 1 atom stereocenters. The number of ether oxygens (including phenoxy) is 1. The van der Waals surface area contributed by atoms with Crippen LogP contribution in [0.3, 0.4) is 0 Å². The van der Waals surface area contributed by atoms with E-state index in [1.165, 1.54) is 24.8 Å². The first-order chi connectivity index (χ1) is 9.71. The lowest BCUT2D eigenvalue weighted by molar-refractivity contribution is 0.243. The molecule has 0 aliphatic rings. The molecule has 1 N–H and O–H groups in total. The highest BCUT2D eigenvalue weighted by atomic mass is 16.5. The Bertz CT molecular complexity index is 360. The van der Waals surface area contributed by atoms with Gasteiger partial charge >= 0.3 is 0 Å². The van der Waals surface area contributed by atoms with Crippen LogP contribution in [0.25, 0.3) is 0 Å². The Labute approximate surface area is 124 Å². The molecule has 0 aliphatic carbocycles. The summed E-state index contributed by atoms with van der Waals surface area (Å²) in [5.74, 6) is 1.74. The molecule has 0 bridgehead atoms. The van der Waals surface area contributed by atoms with Crippen LogP contribution in [-0.4, -0.2) is 19.2 Å². The van der Waals surface area contributed by atoms with Crippen LogP contribution in [0.4, 0.5) is 0 Å². The van der Waals surface area contributed by atoms with Crippen LogP contribution >= 0.6 is 0 Å². The lowest BCUT2D eigenvalue weighted by atomic mass is 9.92. The molecule has 0 spiro atoms. The van der Waals surface area contributed by atoms with Crippen molar-refractivity contribution in [3.8, 4) is 5.75 Å². The summed E-state index contributed by atoms with van der Waals surface area (Å²) >= 11 is 0. The van der Waals surface area contributed by atoms with E-state index < -0.39 is 0 Å². The number of aryl methyl sites for hydroxylation is 1. The molecular formula is C18H31NO. The monoisotopic (exact) mass is 277 g/mol. The van der Waals surface area contributed by atoms with E-state index in [9.17, 15) is 0 Å². The van der Waals surface area contributed by atoms with E-state index in [1.54, 1.807) is 0 Å². The van der Waals surface area contributed by atoms with E-state index in [2.05, 4.69) is 51.2 Å². The third-order valence-electron chi connectivity index (χ3n) is 3.96. The predicted octanol–water partition coefficient (Wildman–Crippen LogP) is 4.57. The molecule has 2 heteroatoms. The minimum Gasteiger partial charge on any atom is -0.494 e. The van der Waals surface area contributed by atoms with E-state index >= 15 is 0 Å². The van der Waals surface area contributed by atoms with Crippen molar-refractivity contribution in [3.05, 3.63) is 29.8 Å². The fourth-order valence-electron chi connectivity index (χ4n) is 2.70. The Morgan fingerprint density at radius 3 is 2.50 bits per heavy atom. The van der Waals surface area contributed by atoms with Gasteiger partial charge in [0, 0.05) is 6.04 Å². The van der Waals surface area contributed by atoms with Gasteiger partial charge in [0.05, 0.1) is 6.61 Å². The van der Waals surface area contributed by atoms with Crippen molar-refractivity contribution in [3.63, 3.8) is 0 Å². The molecule has 1 aromatic carbocycles. The Morgan fingerprint density at radius 2 is 1.90 bits per heavy atom. The predicted molar refractivity (Wildman–Crippen MR) is 87.4 cm³/mol. The highest BCUT2D eigenvalue weighted by molar-refractivity contribution is 5.27. The zero-order chi connectivity index (χ0) is 14.8. The lowest BCUT2D eigenvalue weighted by Gasteiger charge is -2.26. The van der Waals surface area contributed by atoms with Crippen molar-refractivity contribution in [1.29, 1.82) is 0 Å². The molecule has 2 nitrogen and oxygen atoms in total. The molecule has 20 heavy (non-hydrogen) atoms. The van der Waals surface area contributed by atoms with Gasteiger partial charge in [-0.1, -0.05) is 45.7 Å². The minimum atomic E-state index is 0.578. The maximum atomic E-state index is 5.90. The van der Waals surface area contributed by atoms with Gasteiger partial charge in [-0.15, -0.1) is 0 Å². The molecule has 0 heterocycles. The second kappa shape index (κ2) is 9.82. The van der Waals surface area contributed by atoms with Gasteiger partial charge in [0.15, 0.2) is 0 Å². The molecule has 0 radical (unpaired) electrons. The third-order valence-corrected chi connectivity index (χ3v) is 3.96. The second-order valence-corrected chi connectivity index (χ2v) is 5.59. The van der Waals surface area contributed by atoms with Crippen LogP contribution in [0.1, 0.15) is 52.0 Å². The molecule has 114 valence electrons. The van der Waals surface area contributed by atoms with Crippen LogP contribution in [-0.2, 0) is 0 Å². The molecule has 1 rings (SSSR count). The third kappa shape index (κ3) is 5.96. The van der Waals surface area contributed by atoms with Crippen molar-refractivity contribution in [2.75, 3.05) is 13.2 Å². The highest BCUT2D eigenvalue weighted by Gasteiger charge is 2.17. The number of rotatable bonds is 10. The maximum Gasteiger partial charge on any atom is 0.119 e. The normalized spacial score (nSPS) is 12.7. The Balaban J connectivity index is 2.44. The van der Waals surface area contributed by atoms with E-state index in [1.807, 2.05) is 6.07 Å². The van der Waals surface area contributed by atoms with Crippen molar-refractivity contribution in [2.24, 2.45) is 5.92 Å². The smallest absolute Gasteiger partial charge is 0.119 e. The summed E-state index contributed by atoms with van der Waals surface area (Å²) in [5.41, 5.74) is 1.25. The van der Waals surface area contributed by atoms with Crippen molar-refractivity contribution < 1.29 is 4.74 Å². The molecule has 0 saturated heterocycles. The van der Waals surface area contributed by atoms with Gasteiger partial charge in [0.25, 0.3) is 0 Å². The van der Waals surface area contributed by atoms with Crippen LogP contribution in [0.2, 0.25) is 0 Å². The zero-order valence-corrected chi connectivity index (χ0v) is 13.6. The van der Waals surface area contributed by atoms with Crippen molar-refractivity contribution >= 4 is 0 Å². The zero-order valence-electron chi connectivity index (χ0n) is 13.6. The first-order valence-electron chi connectivity index (χ1n) is 8.14. The topological polar surface area (TPSA) is 21.3 Å². The number of hydrogen-bond donors (Lipinski definition) is 1. The maximum absolute atomic E-state index is 5.90. The summed E-state index contributed by atoms with van der Waals surface area (Å²) in [4.78, 5) is 0. The molecule has 1 unspecified atom stereocenters. The van der Waals surface area contributed by atoms with Gasteiger partial charge in [-0.3, -0.25) is 0 Å². The fraction of sp³-hybridized carbons (Fsp3) is 0.667. The molecule has 0 amide bonds. The van der Waals surface area contributed by atoms with Gasteiger partial charge in [0.1, 0.15) is 5.75 Å². The lowest BCUT2D eigenvalue weighted by Crippen LogP contribution is -2.37. The van der Waals surface area contributed by atoms with Crippen LogP contribution < -0.4 is 10.1 Å². The fourth-order valence-corrected chi connectivity index (χ4v) is 2.70. The quantitative estimate of drug-likeness (QED) is 0.676. The number of benzene rings is 1. The van der Waals surface area contributed by atoms with E-state index in [0.29, 0.717) is 6.04 Å². The highest BCUT2D eigenvalue weighted by Crippen LogP contribution is 2.18. The summed E-state index contributed by atoms with van der Waals surface area (Å²) in [6.45, 7) is 10.8. The molecular weight excluding hydrogens is 246 g/mol. The minimum absolute atomic E-state index is 0.578. The summed E-state index contributed by atoms with van der Waals surface area (Å²) in [6, 6.07) is 8.88. The second-order valence-electron chi connectivity index (χ2n) is 5.59. The standard InChI is InChI=1S/C18H31NO/c1-5-12-19-18(16(6-2)7-3)11-13-20-17-10-8-9-15(4)14-17/h8-10,14,16,18-19H,5-7,11-13H2,1-4H3. The molecule has 0 aromatic heterocycles. The van der Waals surface area contributed by atoms with Crippen LogP contribution in [0.15, 0.2) is 24.3 Å². The average molecular weight is 277 g/mol. The summed E-state index contributed by atoms with van der Waals surface area (Å²) < 4.78 is 5.90. The van der Waals surface area contributed by atoms with Gasteiger partial charge in [-0.25, -0.2) is 0 Å². The largest absolute Gasteiger partial charge is 0.494 e. The molecule has 0 aliphatic heterocycles. The number of hydrogen-bond acceptors (Lipinski definition) is 2. The Hall–Kier alpha value is -1.02. The van der Waals surface area contributed by atoms with Gasteiger partial charge in [-0.2, -0.15) is 0 Å². The summed E-state index contributed by atoms with van der Waals surface area (Å²) in [6.07, 6.45) is 4.75. The van der Waals surface area contributed by atoms with E-state index in [-0.39, 0.29) is 0 Å². The summed E-state index contributed by atoms with van der Waals surface area (Å²) in [5, 5.41) is 3.69. The molecule has 0 saturated carbocycles. The first kappa shape index (κ1) is 17.0. The van der Waals surface area contributed by atoms with E-state index in [0.717, 1.165) is 31.2 Å². The summed E-state index contributed by atoms with van der Waals surface area (Å²) in [7, 11) is 0. The molecule has 1 aromatic rings. The average Bonchev–Trinajstić information content (AvgIpc) is 2.45. The first-order valence-corrected chi connectivity index (χ1v) is 8.14. The van der Waals surface area contributed by atoms with E-state index in [4.69, 9.17) is 4.74 Å². The molecule has 0 fully saturated rings. The van der Waals surface area contributed by atoms with Crippen LogP contribution in [0, 0.1) is 12.8 Å². The van der Waals surface area contributed by atoms with Gasteiger partial charge < -0.3 is 10.1 Å². The Morgan fingerprint density at radius 1 is 1.15 bits per heavy atom. The van der Waals surface area contributed by atoms with Crippen molar-refractivity contribution in [2.45, 2.75) is 59.4 Å².